The average molecular weight is 412 g/mol. The van der Waals surface area contributed by atoms with Crippen LogP contribution in [0.25, 0.3) is 22.1 Å². The van der Waals surface area contributed by atoms with Crippen LogP contribution in [0, 0.1) is 0 Å². The van der Waals surface area contributed by atoms with E-state index in [0.717, 1.165) is 31.5 Å². The van der Waals surface area contributed by atoms with Gasteiger partial charge in [0.25, 0.3) is 5.91 Å². The summed E-state index contributed by atoms with van der Waals surface area (Å²) in [4.78, 5) is 27.1. The predicted octanol–water partition coefficient (Wildman–Crippen LogP) is 4.89. The van der Waals surface area contributed by atoms with Crippen LogP contribution in [-0.2, 0) is 4.79 Å². The number of amides is 1. The first-order valence-electron chi connectivity index (χ1n) is 9.84. The van der Waals surface area contributed by atoms with Gasteiger partial charge < -0.3 is 14.1 Å². The fraction of sp³-hybridized carbons (Fsp3) is 0.304. The number of carbonyl (C=O) groups excluding carboxylic acids is 1. The standard InChI is InChI=1S/C23H22ClNO4/c24-17-7-5-16(6-8-17)20-14-29-21-13-18(9-10-19(21)23(20)27)28-15-22(26)25-11-3-1-2-4-12-25/h5-10,13-14H,1-4,11-12,15H2. The monoisotopic (exact) mass is 411 g/mol. The molecule has 0 spiro atoms. The van der Waals surface area contributed by atoms with Crippen LogP contribution in [0.15, 0.2) is 57.9 Å². The number of hydrogen-bond donors (Lipinski definition) is 0. The van der Waals surface area contributed by atoms with Gasteiger partial charge in [-0.05, 0) is 42.7 Å². The summed E-state index contributed by atoms with van der Waals surface area (Å²) < 4.78 is 11.4. The Labute approximate surface area is 173 Å². The maximum absolute atomic E-state index is 12.8. The highest BCUT2D eigenvalue weighted by Crippen LogP contribution is 2.24. The Morgan fingerprint density at radius 1 is 1.03 bits per heavy atom. The van der Waals surface area contributed by atoms with Gasteiger partial charge in [-0.15, -0.1) is 0 Å². The molecule has 1 aliphatic heterocycles. The van der Waals surface area contributed by atoms with Gasteiger partial charge in [0.2, 0.25) is 0 Å². The summed E-state index contributed by atoms with van der Waals surface area (Å²) in [6.07, 6.45) is 5.88. The Morgan fingerprint density at radius 2 is 1.76 bits per heavy atom. The fourth-order valence-corrected chi connectivity index (χ4v) is 3.71. The Kier molecular flexibility index (Phi) is 5.86. The molecule has 1 fully saturated rings. The van der Waals surface area contributed by atoms with E-state index < -0.39 is 0 Å². The number of hydrogen-bond acceptors (Lipinski definition) is 4. The summed E-state index contributed by atoms with van der Waals surface area (Å²) in [5.41, 5.74) is 1.51. The first kappa shape index (κ1) is 19.5. The summed E-state index contributed by atoms with van der Waals surface area (Å²) in [7, 11) is 0. The molecular formula is C23H22ClNO4. The van der Waals surface area contributed by atoms with E-state index in [0.29, 0.717) is 27.3 Å². The number of benzene rings is 2. The zero-order chi connectivity index (χ0) is 20.2. The molecule has 0 unspecified atom stereocenters. The van der Waals surface area contributed by atoms with Crippen molar-refractivity contribution in [2.45, 2.75) is 25.7 Å². The van der Waals surface area contributed by atoms with E-state index in [1.165, 1.54) is 19.1 Å². The molecule has 1 aromatic heterocycles. The van der Waals surface area contributed by atoms with Gasteiger partial charge in [-0.2, -0.15) is 0 Å². The highest BCUT2D eigenvalue weighted by molar-refractivity contribution is 6.30. The number of carbonyl (C=O) groups is 1. The van der Waals surface area contributed by atoms with Crippen molar-refractivity contribution < 1.29 is 13.9 Å². The normalized spacial score (nSPS) is 14.6. The molecule has 1 saturated heterocycles. The SMILES string of the molecule is O=C(COc1ccc2c(=O)c(-c3ccc(Cl)cc3)coc2c1)N1CCCCCC1. The van der Waals surface area contributed by atoms with Crippen LogP contribution in [0.4, 0.5) is 0 Å². The van der Waals surface area contributed by atoms with Gasteiger partial charge >= 0.3 is 0 Å². The molecule has 0 atom stereocenters. The summed E-state index contributed by atoms with van der Waals surface area (Å²) in [5.74, 6) is 0.495. The number of halogens is 1. The van der Waals surface area contributed by atoms with E-state index in [9.17, 15) is 9.59 Å². The molecule has 1 amide bonds. The molecule has 0 bridgehead atoms. The molecule has 150 valence electrons. The molecule has 0 saturated carbocycles. The van der Waals surface area contributed by atoms with Crippen molar-refractivity contribution in [3.8, 4) is 16.9 Å². The summed E-state index contributed by atoms with van der Waals surface area (Å²) >= 11 is 5.92. The second-order valence-corrected chi connectivity index (χ2v) is 7.66. The maximum Gasteiger partial charge on any atom is 0.260 e. The fourth-order valence-electron chi connectivity index (χ4n) is 3.58. The lowest BCUT2D eigenvalue weighted by Crippen LogP contribution is -2.35. The van der Waals surface area contributed by atoms with Gasteiger partial charge in [-0.3, -0.25) is 9.59 Å². The van der Waals surface area contributed by atoms with E-state index in [-0.39, 0.29) is 17.9 Å². The van der Waals surface area contributed by atoms with Crippen LogP contribution in [0.2, 0.25) is 5.02 Å². The largest absolute Gasteiger partial charge is 0.484 e. The summed E-state index contributed by atoms with van der Waals surface area (Å²) in [6, 6.07) is 12.1. The molecule has 5 nitrogen and oxygen atoms in total. The minimum atomic E-state index is -0.124. The van der Waals surface area contributed by atoms with Gasteiger partial charge in [-0.1, -0.05) is 36.6 Å². The van der Waals surface area contributed by atoms with Gasteiger partial charge in [-0.25, -0.2) is 0 Å². The summed E-state index contributed by atoms with van der Waals surface area (Å²) in [5, 5.41) is 1.07. The maximum atomic E-state index is 12.8. The van der Waals surface area contributed by atoms with E-state index in [1.807, 2.05) is 4.90 Å². The number of fused-ring (bicyclic) bond motifs is 1. The molecule has 0 aliphatic carbocycles. The third-order valence-electron chi connectivity index (χ3n) is 5.22. The van der Waals surface area contributed by atoms with Crippen LogP contribution in [0.3, 0.4) is 0 Å². The molecule has 3 aromatic rings. The van der Waals surface area contributed by atoms with Crippen molar-refractivity contribution in [2.24, 2.45) is 0 Å². The van der Waals surface area contributed by atoms with Crippen molar-refractivity contribution in [2.75, 3.05) is 19.7 Å². The Hall–Kier alpha value is -2.79. The Bertz CT molecular complexity index is 1070. The topological polar surface area (TPSA) is 59.8 Å². The number of ether oxygens (including phenoxy) is 1. The zero-order valence-electron chi connectivity index (χ0n) is 16.0. The lowest BCUT2D eigenvalue weighted by atomic mass is 10.1. The molecule has 0 N–H and O–H groups in total. The van der Waals surface area contributed by atoms with E-state index in [4.69, 9.17) is 20.8 Å². The van der Waals surface area contributed by atoms with Gasteiger partial charge in [0.1, 0.15) is 17.6 Å². The molecule has 1 aliphatic rings. The van der Waals surface area contributed by atoms with E-state index in [2.05, 4.69) is 0 Å². The smallest absolute Gasteiger partial charge is 0.260 e. The number of rotatable bonds is 4. The van der Waals surface area contributed by atoms with Crippen LogP contribution < -0.4 is 10.2 Å². The molecule has 2 aromatic carbocycles. The zero-order valence-corrected chi connectivity index (χ0v) is 16.8. The minimum absolute atomic E-state index is 0.00784. The third kappa shape index (κ3) is 4.46. The van der Waals surface area contributed by atoms with Crippen LogP contribution in [-0.4, -0.2) is 30.5 Å². The molecule has 2 heterocycles. The van der Waals surface area contributed by atoms with Gasteiger partial charge in [0, 0.05) is 24.2 Å². The average Bonchev–Trinajstić information content (AvgIpc) is 3.03. The number of nitrogens with zero attached hydrogens (tertiary/aromatic N) is 1. The van der Waals surface area contributed by atoms with E-state index in [1.54, 1.807) is 42.5 Å². The summed E-state index contributed by atoms with van der Waals surface area (Å²) in [6.45, 7) is 1.57. The molecular weight excluding hydrogens is 390 g/mol. The highest BCUT2D eigenvalue weighted by atomic mass is 35.5. The molecule has 0 radical (unpaired) electrons. The second kappa shape index (κ2) is 8.70. The number of likely N-dealkylation sites (tertiary alicyclic amines) is 1. The third-order valence-corrected chi connectivity index (χ3v) is 5.47. The van der Waals surface area contributed by atoms with Gasteiger partial charge in [0.15, 0.2) is 12.0 Å². The van der Waals surface area contributed by atoms with Crippen molar-refractivity contribution in [3.05, 3.63) is 64.0 Å². The van der Waals surface area contributed by atoms with Gasteiger partial charge in [0.05, 0.1) is 10.9 Å². The minimum Gasteiger partial charge on any atom is -0.484 e. The second-order valence-electron chi connectivity index (χ2n) is 7.23. The molecule has 29 heavy (non-hydrogen) atoms. The highest BCUT2D eigenvalue weighted by Gasteiger charge is 2.16. The first-order chi connectivity index (χ1) is 14.1. The van der Waals surface area contributed by atoms with E-state index >= 15 is 0 Å². The lowest BCUT2D eigenvalue weighted by molar-refractivity contribution is -0.133. The van der Waals surface area contributed by atoms with Crippen LogP contribution in [0.1, 0.15) is 25.7 Å². The van der Waals surface area contributed by atoms with Crippen molar-refractivity contribution in [1.82, 2.24) is 4.90 Å². The molecule has 4 rings (SSSR count). The lowest BCUT2D eigenvalue weighted by Gasteiger charge is -2.20. The Morgan fingerprint density at radius 3 is 2.48 bits per heavy atom. The quantitative estimate of drug-likeness (QED) is 0.613. The predicted molar refractivity (Wildman–Crippen MR) is 113 cm³/mol. The molecule has 6 heteroatoms. The Balaban J connectivity index is 1.51. The van der Waals surface area contributed by atoms with Crippen LogP contribution in [0.5, 0.6) is 5.75 Å². The van der Waals surface area contributed by atoms with Crippen LogP contribution >= 0.6 is 11.6 Å². The first-order valence-corrected chi connectivity index (χ1v) is 10.2. The van der Waals surface area contributed by atoms with Crippen molar-refractivity contribution in [3.63, 3.8) is 0 Å². The van der Waals surface area contributed by atoms with Crippen molar-refractivity contribution >= 4 is 28.5 Å². The van der Waals surface area contributed by atoms with Crippen molar-refractivity contribution in [1.29, 1.82) is 0 Å².